The Kier molecular flexibility index (Phi) is 6.18. The molecule has 10 rings (SSSR count). The molecular formula is C46H29NO2. The third-order valence-corrected chi connectivity index (χ3v) is 9.64. The van der Waals surface area contributed by atoms with Crippen LogP contribution in [0, 0.1) is 0 Å². The van der Waals surface area contributed by atoms with Crippen LogP contribution in [0.4, 0.5) is 17.1 Å². The Morgan fingerprint density at radius 1 is 0.367 bits per heavy atom. The van der Waals surface area contributed by atoms with E-state index in [1.165, 1.54) is 16.3 Å². The summed E-state index contributed by atoms with van der Waals surface area (Å²) < 4.78 is 13.2. The van der Waals surface area contributed by atoms with Crippen LogP contribution in [0.15, 0.2) is 185 Å². The molecule has 3 nitrogen and oxygen atoms in total. The smallest absolute Gasteiger partial charge is 0.145 e. The minimum atomic E-state index is 0.862. The van der Waals surface area contributed by atoms with Crippen molar-refractivity contribution in [1.82, 2.24) is 0 Å². The molecule has 0 saturated carbocycles. The maximum atomic E-state index is 6.69. The molecule has 2 heterocycles. The first kappa shape index (κ1) is 27.5. The molecule has 0 radical (unpaired) electrons. The molecule has 0 saturated heterocycles. The van der Waals surface area contributed by atoms with Crippen LogP contribution in [0.25, 0.3) is 76.9 Å². The van der Waals surface area contributed by atoms with E-state index in [4.69, 9.17) is 8.83 Å². The molecule has 230 valence electrons. The first-order valence-electron chi connectivity index (χ1n) is 16.6. The Morgan fingerprint density at radius 2 is 1.06 bits per heavy atom. The minimum absolute atomic E-state index is 0.862. The highest BCUT2D eigenvalue weighted by Crippen LogP contribution is 2.47. The number of hydrogen-bond donors (Lipinski definition) is 0. The lowest BCUT2D eigenvalue weighted by atomic mass is 9.99. The molecule has 0 spiro atoms. The largest absolute Gasteiger partial charge is 0.456 e. The highest BCUT2D eigenvalue weighted by atomic mass is 16.3. The molecule has 2 aromatic heterocycles. The summed E-state index contributed by atoms with van der Waals surface area (Å²) in [5, 5.41) is 6.71. The standard InChI is InChI=1S/C46H29NO2/c1-3-11-30(12-4-1)34-20-23-38-40-29-36(22-26-43(40)48-44(38)28-34)47(35-21-19-31-13-7-8-16-33(31)27-35)41-25-24-37(32-14-5-2-6-15-32)46-45(41)39-17-9-10-18-42(39)49-46/h1-29H. The van der Waals surface area contributed by atoms with Crippen LogP contribution in [-0.2, 0) is 0 Å². The minimum Gasteiger partial charge on any atom is -0.456 e. The van der Waals surface area contributed by atoms with E-state index in [0.717, 1.165) is 77.6 Å². The Morgan fingerprint density at radius 3 is 1.92 bits per heavy atom. The Balaban J connectivity index is 1.23. The fraction of sp³-hybridized carbons (Fsp3) is 0. The van der Waals surface area contributed by atoms with Crippen LogP contribution in [0.5, 0.6) is 0 Å². The van der Waals surface area contributed by atoms with Gasteiger partial charge in [0.15, 0.2) is 0 Å². The van der Waals surface area contributed by atoms with E-state index in [0.29, 0.717) is 0 Å². The van der Waals surface area contributed by atoms with Gasteiger partial charge in [-0.3, -0.25) is 0 Å². The predicted molar refractivity (Wildman–Crippen MR) is 204 cm³/mol. The van der Waals surface area contributed by atoms with Crippen molar-refractivity contribution < 1.29 is 8.83 Å². The van der Waals surface area contributed by atoms with Gasteiger partial charge in [-0.25, -0.2) is 0 Å². The van der Waals surface area contributed by atoms with E-state index in [-0.39, 0.29) is 0 Å². The van der Waals surface area contributed by atoms with Crippen LogP contribution in [0.1, 0.15) is 0 Å². The van der Waals surface area contributed by atoms with Crippen molar-refractivity contribution in [2.24, 2.45) is 0 Å². The molecule has 0 aliphatic rings. The number of fused-ring (bicyclic) bond motifs is 7. The maximum absolute atomic E-state index is 6.69. The quantitative estimate of drug-likeness (QED) is 0.190. The molecule has 0 amide bonds. The summed E-state index contributed by atoms with van der Waals surface area (Å²) in [6.45, 7) is 0. The Bertz CT molecular complexity index is 2830. The van der Waals surface area contributed by atoms with Gasteiger partial charge in [-0.05, 0) is 88.1 Å². The van der Waals surface area contributed by atoms with Gasteiger partial charge >= 0.3 is 0 Å². The van der Waals surface area contributed by atoms with Crippen molar-refractivity contribution in [3.63, 3.8) is 0 Å². The van der Waals surface area contributed by atoms with Gasteiger partial charge < -0.3 is 13.7 Å². The molecule has 0 aliphatic carbocycles. The van der Waals surface area contributed by atoms with Crippen molar-refractivity contribution in [1.29, 1.82) is 0 Å². The molecule has 0 N–H and O–H groups in total. The molecule has 0 aliphatic heterocycles. The van der Waals surface area contributed by atoms with Crippen molar-refractivity contribution in [3.8, 4) is 22.3 Å². The summed E-state index contributed by atoms with van der Waals surface area (Å²) in [6.07, 6.45) is 0. The van der Waals surface area contributed by atoms with E-state index >= 15 is 0 Å². The molecule has 0 fully saturated rings. The van der Waals surface area contributed by atoms with Gasteiger partial charge in [0.1, 0.15) is 22.3 Å². The van der Waals surface area contributed by atoms with Gasteiger partial charge in [-0.2, -0.15) is 0 Å². The molecular weight excluding hydrogens is 599 g/mol. The third kappa shape index (κ3) is 4.51. The van der Waals surface area contributed by atoms with Crippen LogP contribution >= 0.6 is 0 Å². The van der Waals surface area contributed by atoms with Gasteiger partial charge in [0, 0.05) is 33.1 Å². The van der Waals surface area contributed by atoms with Gasteiger partial charge in [0.2, 0.25) is 0 Å². The van der Waals surface area contributed by atoms with Gasteiger partial charge in [0.25, 0.3) is 0 Å². The lowest BCUT2D eigenvalue weighted by Crippen LogP contribution is -2.10. The number of para-hydroxylation sites is 1. The maximum Gasteiger partial charge on any atom is 0.145 e. The van der Waals surface area contributed by atoms with E-state index < -0.39 is 0 Å². The highest BCUT2D eigenvalue weighted by molar-refractivity contribution is 6.17. The van der Waals surface area contributed by atoms with Gasteiger partial charge in [0.05, 0.1) is 11.1 Å². The Labute approximate surface area is 282 Å². The summed E-state index contributed by atoms with van der Waals surface area (Å²) in [5.41, 5.74) is 11.1. The van der Waals surface area contributed by atoms with E-state index in [2.05, 4.69) is 163 Å². The molecule has 0 atom stereocenters. The molecule has 49 heavy (non-hydrogen) atoms. The van der Waals surface area contributed by atoms with Crippen molar-refractivity contribution >= 4 is 71.7 Å². The zero-order valence-corrected chi connectivity index (χ0v) is 26.5. The summed E-state index contributed by atoms with van der Waals surface area (Å²) in [5.74, 6) is 0. The fourth-order valence-corrected chi connectivity index (χ4v) is 7.30. The summed E-state index contributed by atoms with van der Waals surface area (Å²) >= 11 is 0. The average molecular weight is 628 g/mol. The van der Waals surface area contributed by atoms with Crippen LogP contribution in [0.3, 0.4) is 0 Å². The first-order valence-corrected chi connectivity index (χ1v) is 16.6. The third-order valence-electron chi connectivity index (χ3n) is 9.64. The summed E-state index contributed by atoms with van der Waals surface area (Å²) in [6, 6.07) is 62.0. The van der Waals surface area contributed by atoms with Crippen LogP contribution in [0.2, 0.25) is 0 Å². The normalized spacial score (nSPS) is 11.7. The lowest BCUT2D eigenvalue weighted by molar-refractivity contribution is 0.669. The number of benzene rings is 8. The van der Waals surface area contributed by atoms with Crippen LogP contribution < -0.4 is 4.90 Å². The SMILES string of the molecule is c1ccc(-c2ccc3c(c2)oc2ccc(N(c4ccc5ccccc5c4)c4ccc(-c5ccccc5)c5oc6ccccc6c45)cc23)cc1. The van der Waals surface area contributed by atoms with Gasteiger partial charge in [-0.1, -0.05) is 115 Å². The van der Waals surface area contributed by atoms with Gasteiger partial charge in [-0.15, -0.1) is 0 Å². The number of nitrogens with zero attached hydrogens (tertiary/aromatic N) is 1. The second kappa shape index (κ2) is 11.0. The zero-order valence-electron chi connectivity index (χ0n) is 26.5. The van der Waals surface area contributed by atoms with Crippen molar-refractivity contribution in [2.75, 3.05) is 4.90 Å². The number of hydrogen-bond acceptors (Lipinski definition) is 3. The molecule has 8 aromatic carbocycles. The second-order valence-corrected chi connectivity index (χ2v) is 12.5. The highest BCUT2D eigenvalue weighted by Gasteiger charge is 2.23. The average Bonchev–Trinajstić information content (AvgIpc) is 3.74. The first-order chi connectivity index (χ1) is 24.3. The fourth-order valence-electron chi connectivity index (χ4n) is 7.30. The molecule has 10 aromatic rings. The van der Waals surface area contributed by atoms with Crippen molar-refractivity contribution in [2.45, 2.75) is 0 Å². The number of anilines is 3. The molecule has 0 bridgehead atoms. The Hall–Kier alpha value is -6.58. The van der Waals surface area contributed by atoms with E-state index in [9.17, 15) is 0 Å². The second-order valence-electron chi connectivity index (χ2n) is 12.5. The zero-order chi connectivity index (χ0) is 32.3. The summed E-state index contributed by atoms with van der Waals surface area (Å²) in [4.78, 5) is 2.36. The topological polar surface area (TPSA) is 29.5 Å². The predicted octanol–water partition coefficient (Wildman–Crippen LogP) is 13.4. The summed E-state index contributed by atoms with van der Waals surface area (Å²) in [7, 11) is 0. The molecule has 0 unspecified atom stereocenters. The van der Waals surface area contributed by atoms with E-state index in [1.54, 1.807) is 0 Å². The van der Waals surface area contributed by atoms with Crippen LogP contribution in [-0.4, -0.2) is 0 Å². The lowest BCUT2D eigenvalue weighted by Gasteiger charge is -2.27. The number of furan rings is 2. The van der Waals surface area contributed by atoms with E-state index in [1.807, 2.05) is 18.2 Å². The monoisotopic (exact) mass is 627 g/mol. The number of rotatable bonds is 5. The molecule has 3 heteroatoms. The van der Waals surface area contributed by atoms with Crippen molar-refractivity contribution in [3.05, 3.63) is 176 Å².